The first kappa shape index (κ1) is 20.6. The van der Waals surface area contributed by atoms with E-state index in [0.29, 0.717) is 17.9 Å². The van der Waals surface area contributed by atoms with Crippen LogP contribution in [0.5, 0.6) is 11.5 Å². The summed E-state index contributed by atoms with van der Waals surface area (Å²) in [6.07, 6.45) is 1.58. The predicted octanol–water partition coefficient (Wildman–Crippen LogP) is 5.11. The minimum Gasteiger partial charge on any atom is -0.496 e. The van der Waals surface area contributed by atoms with Crippen LogP contribution in [0.2, 0.25) is 0 Å². The van der Waals surface area contributed by atoms with Crippen molar-refractivity contribution in [1.29, 1.82) is 0 Å². The summed E-state index contributed by atoms with van der Waals surface area (Å²) in [4.78, 5) is 12.3. The minimum absolute atomic E-state index is 0.349. The number of rotatable bonds is 7. The summed E-state index contributed by atoms with van der Waals surface area (Å²) < 4.78 is 11.8. The van der Waals surface area contributed by atoms with Gasteiger partial charge in [-0.3, -0.25) is 4.79 Å². The zero-order chi connectivity index (χ0) is 20.6. The Morgan fingerprint density at radius 1 is 1.10 bits per heavy atom. The zero-order valence-electron chi connectivity index (χ0n) is 16.2. The standard InChI is InChI=1S/C23H21BrN2O3/c1-16-5-3-4-6-18(16)15-29-20-10-7-17(8-11-20)14-25-26-23(27)21-13-19(24)9-12-22(21)28-2/h3-14H,15H2,1-2H3,(H,26,27)/b25-14-. The highest BCUT2D eigenvalue weighted by molar-refractivity contribution is 9.10. The van der Waals surface area contributed by atoms with Gasteiger partial charge in [-0.05, 0) is 66.1 Å². The molecule has 1 amide bonds. The second-order valence-electron chi connectivity index (χ2n) is 6.33. The van der Waals surface area contributed by atoms with E-state index in [-0.39, 0.29) is 5.91 Å². The van der Waals surface area contributed by atoms with Crippen molar-refractivity contribution >= 4 is 28.1 Å². The molecule has 148 valence electrons. The SMILES string of the molecule is COc1ccc(Br)cc1C(=O)N/N=C\c1ccc(OCc2ccccc2C)cc1. The van der Waals surface area contributed by atoms with Gasteiger partial charge in [-0.25, -0.2) is 5.43 Å². The van der Waals surface area contributed by atoms with Gasteiger partial charge in [-0.1, -0.05) is 40.2 Å². The maximum absolute atomic E-state index is 12.3. The third-order valence-corrected chi connectivity index (χ3v) is 4.81. The number of carbonyl (C=O) groups is 1. The van der Waals surface area contributed by atoms with Gasteiger partial charge >= 0.3 is 0 Å². The first-order chi connectivity index (χ1) is 14.1. The summed E-state index contributed by atoms with van der Waals surface area (Å²) in [7, 11) is 1.52. The Kier molecular flexibility index (Phi) is 7.03. The van der Waals surface area contributed by atoms with Crippen LogP contribution in [0, 0.1) is 6.92 Å². The van der Waals surface area contributed by atoms with Gasteiger partial charge in [-0.15, -0.1) is 0 Å². The number of halogens is 1. The highest BCUT2D eigenvalue weighted by Crippen LogP contribution is 2.22. The molecule has 0 heterocycles. The van der Waals surface area contributed by atoms with E-state index in [4.69, 9.17) is 9.47 Å². The second-order valence-corrected chi connectivity index (χ2v) is 7.24. The highest BCUT2D eigenvalue weighted by Gasteiger charge is 2.11. The summed E-state index contributed by atoms with van der Waals surface area (Å²) in [5.74, 6) is 0.905. The van der Waals surface area contributed by atoms with E-state index in [0.717, 1.165) is 21.3 Å². The third kappa shape index (κ3) is 5.68. The van der Waals surface area contributed by atoms with Gasteiger partial charge in [0.05, 0.1) is 18.9 Å². The molecule has 0 aliphatic rings. The fraction of sp³-hybridized carbons (Fsp3) is 0.130. The lowest BCUT2D eigenvalue weighted by molar-refractivity contribution is 0.0952. The number of ether oxygens (including phenoxy) is 2. The summed E-state index contributed by atoms with van der Waals surface area (Å²) >= 11 is 3.35. The third-order valence-electron chi connectivity index (χ3n) is 4.32. The smallest absolute Gasteiger partial charge is 0.275 e. The van der Waals surface area contributed by atoms with Crippen molar-refractivity contribution in [3.05, 3.63) is 93.5 Å². The number of hydrogen-bond acceptors (Lipinski definition) is 4. The number of aryl methyl sites for hydroxylation is 1. The van der Waals surface area contributed by atoms with Crippen LogP contribution >= 0.6 is 15.9 Å². The van der Waals surface area contributed by atoms with Crippen LogP contribution in [0.15, 0.2) is 76.3 Å². The van der Waals surface area contributed by atoms with Crippen LogP contribution in [0.4, 0.5) is 0 Å². The molecule has 3 rings (SSSR count). The molecule has 0 spiro atoms. The zero-order valence-corrected chi connectivity index (χ0v) is 17.8. The number of nitrogens with zero attached hydrogens (tertiary/aromatic N) is 1. The maximum atomic E-state index is 12.3. The molecule has 5 nitrogen and oxygen atoms in total. The Morgan fingerprint density at radius 3 is 2.59 bits per heavy atom. The van der Waals surface area contributed by atoms with Crippen LogP contribution < -0.4 is 14.9 Å². The van der Waals surface area contributed by atoms with Crippen molar-refractivity contribution in [3.63, 3.8) is 0 Å². The quantitative estimate of drug-likeness (QED) is 0.400. The minimum atomic E-state index is -0.349. The normalized spacial score (nSPS) is 10.7. The number of carbonyl (C=O) groups excluding carboxylic acids is 1. The van der Waals surface area contributed by atoms with Crippen LogP contribution in [0.25, 0.3) is 0 Å². The largest absolute Gasteiger partial charge is 0.496 e. The summed E-state index contributed by atoms with van der Waals surface area (Å²) in [5, 5.41) is 4.02. The van der Waals surface area contributed by atoms with Gasteiger partial charge in [0.1, 0.15) is 18.1 Å². The van der Waals surface area contributed by atoms with Gasteiger partial charge in [-0.2, -0.15) is 5.10 Å². The maximum Gasteiger partial charge on any atom is 0.275 e. The van der Waals surface area contributed by atoms with Crippen molar-refractivity contribution in [1.82, 2.24) is 5.43 Å². The van der Waals surface area contributed by atoms with Gasteiger partial charge in [0.25, 0.3) is 5.91 Å². The lowest BCUT2D eigenvalue weighted by atomic mass is 10.1. The van der Waals surface area contributed by atoms with Crippen LogP contribution in [-0.4, -0.2) is 19.2 Å². The molecular weight excluding hydrogens is 432 g/mol. The Bertz CT molecular complexity index is 1020. The first-order valence-electron chi connectivity index (χ1n) is 9.01. The number of amides is 1. The number of hydrogen-bond donors (Lipinski definition) is 1. The van der Waals surface area contributed by atoms with Gasteiger partial charge in [0.15, 0.2) is 0 Å². The average molecular weight is 453 g/mol. The van der Waals surface area contributed by atoms with E-state index in [9.17, 15) is 4.79 Å². The Balaban J connectivity index is 1.57. The van der Waals surface area contributed by atoms with E-state index in [1.165, 1.54) is 12.7 Å². The van der Waals surface area contributed by atoms with Crippen LogP contribution in [0.1, 0.15) is 27.0 Å². The molecule has 0 aromatic heterocycles. The Labute approximate surface area is 178 Å². The molecule has 3 aromatic carbocycles. The Hall–Kier alpha value is -3.12. The first-order valence-corrected chi connectivity index (χ1v) is 9.80. The summed E-state index contributed by atoms with van der Waals surface area (Å²) in [6, 6.07) is 20.9. The molecule has 0 atom stereocenters. The topological polar surface area (TPSA) is 59.9 Å². The molecule has 0 radical (unpaired) electrons. The number of nitrogens with one attached hydrogen (secondary N) is 1. The van der Waals surface area contributed by atoms with E-state index in [1.54, 1.807) is 18.3 Å². The predicted molar refractivity (Wildman–Crippen MR) is 118 cm³/mol. The number of methoxy groups -OCH3 is 1. The highest BCUT2D eigenvalue weighted by atomic mass is 79.9. The molecule has 0 unspecified atom stereocenters. The second kappa shape index (κ2) is 9.89. The van der Waals surface area contributed by atoms with Crippen LogP contribution in [0.3, 0.4) is 0 Å². The molecule has 3 aromatic rings. The van der Waals surface area contributed by atoms with Gasteiger partial charge in [0.2, 0.25) is 0 Å². The van der Waals surface area contributed by atoms with E-state index < -0.39 is 0 Å². The number of benzene rings is 3. The fourth-order valence-corrected chi connectivity index (χ4v) is 3.03. The molecule has 0 saturated heterocycles. The van der Waals surface area contributed by atoms with Crippen molar-refractivity contribution in [2.24, 2.45) is 5.10 Å². The lowest BCUT2D eigenvalue weighted by Gasteiger charge is -2.09. The molecule has 29 heavy (non-hydrogen) atoms. The fourth-order valence-electron chi connectivity index (χ4n) is 2.67. The van der Waals surface area contributed by atoms with E-state index >= 15 is 0 Å². The van der Waals surface area contributed by atoms with Gasteiger partial charge in [0, 0.05) is 4.47 Å². The molecular formula is C23H21BrN2O3. The van der Waals surface area contributed by atoms with Crippen LogP contribution in [-0.2, 0) is 6.61 Å². The molecule has 0 saturated carbocycles. The summed E-state index contributed by atoms with van der Waals surface area (Å²) in [5.41, 5.74) is 6.12. The van der Waals surface area contributed by atoms with Crippen molar-refractivity contribution < 1.29 is 14.3 Å². The lowest BCUT2D eigenvalue weighted by Crippen LogP contribution is -2.18. The van der Waals surface area contributed by atoms with Gasteiger partial charge < -0.3 is 9.47 Å². The van der Waals surface area contributed by atoms with Crippen molar-refractivity contribution in [2.45, 2.75) is 13.5 Å². The molecule has 0 fully saturated rings. The monoisotopic (exact) mass is 452 g/mol. The Morgan fingerprint density at radius 2 is 1.86 bits per heavy atom. The van der Waals surface area contributed by atoms with E-state index in [2.05, 4.69) is 45.5 Å². The van der Waals surface area contributed by atoms with Crippen molar-refractivity contribution in [3.8, 4) is 11.5 Å². The number of hydrazone groups is 1. The molecule has 1 N–H and O–H groups in total. The molecule has 0 bridgehead atoms. The average Bonchev–Trinajstić information content (AvgIpc) is 2.74. The molecule has 0 aliphatic heterocycles. The van der Waals surface area contributed by atoms with Crippen molar-refractivity contribution in [2.75, 3.05) is 7.11 Å². The molecule has 6 heteroatoms. The molecule has 0 aliphatic carbocycles. The van der Waals surface area contributed by atoms with E-state index in [1.807, 2.05) is 42.5 Å². The summed E-state index contributed by atoms with van der Waals surface area (Å²) in [6.45, 7) is 2.58.